The van der Waals surface area contributed by atoms with Crippen LogP contribution in [0.15, 0.2) is 60.8 Å². The van der Waals surface area contributed by atoms with Crippen LogP contribution < -0.4 is 10.6 Å². The Bertz CT molecular complexity index is 925. The number of rotatable bonds is 5. The van der Waals surface area contributed by atoms with Crippen LogP contribution in [0.2, 0.25) is 0 Å². The number of alkyl halides is 3. The largest absolute Gasteiger partial charge is 0.427 e. The van der Waals surface area contributed by atoms with E-state index < -0.39 is 11.1 Å². The van der Waals surface area contributed by atoms with E-state index in [1.165, 1.54) is 0 Å². The van der Waals surface area contributed by atoms with Crippen molar-refractivity contribution in [2.75, 3.05) is 10.6 Å². The molecule has 4 nitrogen and oxygen atoms in total. The molecule has 8 heteroatoms. The molecule has 3 aromatic rings. The zero-order valence-corrected chi connectivity index (χ0v) is 15.1. The van der Waals surface area contributed by atoms with Crippen molar-refractivity contribution in [1.82, 2.24) is 4.98 Å². The fraction of sp³-hybridized carbons (Fsp3) is 0.158. The van der Waals surface area contributed by atoms with E-state index in [4.69, 9.17) is 0 Å². The van der Waals surface area contributed by atoms with Crippen molar-refractivity contribution in [3.05, 3.63) is 76.8 Å². The Kier molecular flexibility index (Phi) is 5.46. The highest BCUT2D eigenvalue weighted by atomic mass is 32.1. The number of hydrogen-bond donors (Lipinski definition) is 2. The molecule has 0 aliphatic rings. The quantitative estimate of drug-likeness (QED) is 0.596. The monoisotopic (exact) mass is 391 g/mol. The molecule has 0 radical (unpaired) electrons. The first-order valence-electron chi connectivity index (χ1n) is 8.09. The summed E-state index contributed by atoms with van der Waals surface area (Å²) in [6.07, 6.45) is -3.58. The van der Waals surface area contributed by atoms with Gasteiger partial charge in [-0.2, -0.15) is 13.2 Å². The zero-order chi connectivity index (χ0) is 19.4. The lowest BCUT2D eigenvalue weighted by molar-refractivity contribution is -0.134. The number of carbonyl (C=O) groups excluding carboxylic acids is 1. The van der Waals surface area contributed by atoms with E-state index in [2.05, 4.69) is 15.6 Å². The van der Waals surface area contributed by atoms with Gasteiger partial charge in [0, 0.05) is 11.3 Å². The van der Waals surface area contributed by atoms with E-state index >= 15 is 0 Å². The summed E-state index contributed by atoms with van der Waals surface area (Å²) in [7, 11) is 0. The molecule has 0 aliphatic heterocycles. The maximum Gasteiger partial charge on any atom is 0.427 e. The van der Waals surface area contributed by atoms with Gasteiger partial charge < -0.3 is 10.6 Å². The number of nitrogens with one attached hydrogen (secondary N) is 2. The number of benzene rings is 2. The Morgan fingerprint density at radius 3 is 2.52 bits per heavy atom. The van der Waals surface area contributed by atoms with Gasteiger partial charge in [-0.05, 0) is 36.8 Å². The lowest BCUT2D eigenvalue weighted by Gasteiger charge is -2.15. The van der Waals surface area contributed by atoms with E-state index in [0.717, 1.165) is 11.8 Å². The van der Waals surface area contributed by atoms with Crippen LogP contribution in [0.4, 0.5) is 24.0 Å². The normalized spacial score (nSPS) is 12.4. The Balaban J connectivity index is 1.69. The van der Waals surface area contributed by atoms with Crippen LogP contribution in [-0.4, -0.2) is 10.9 Å². The maximum atomic E-state index is 12.7. The Morgan fingerprint density at radius 1 is 1.11 bits per heavy atom. The van der Waals surface area contributed by atoms with E-state index in [0.29, 0.717) is 22.6 Å². The number of aromatic nitrogens is 1. The van der Waals surface area contributed by atoms with Gasteiger partial charge >= 0.3 is 6.18 Å². The molecule has 1 unspecified atom stereocenters. The van der Waals surface area contributed by atoms with Gasteiger partial charge in [0.1, 0.15) is 4.88 Å². The van der Waals surface area contributed by atoms with Crippen LogP contribution in [0.25, 0.3) is 0 Å². The van der Waals surface area contributed by atoms with Crippen LogP contribution in [0.5, 0.6) is 0 Å². The molecule has 0 saturated carbocycles. The standard InChI is InChI=1S/C19H16F3N3OS/c1-12(24-18-23-11-16(27-18)19(20,21)22)14-8-5-9-15(10-14)25-17(26)13-6-3-2-4-7-13/h2-12H,1H3,(H,23,24)(H,25,26). The number of hydrogen-bond acceptors (Lipinski definition) is 4. The molecule has 1 heterocycles. The Labute approximate surface area is 158 Å². The summed E-state index contributed by atoms with van der Waals surface area (Å²) in [5, 5.41) is 5.96. The number of nitrogens with zero attached hydrogens (tertiary/aromatic N) is 1. The van der Waals surface area contributed by atoms with Crippen LogP contribution in [0.1, 0.15) is 33.8 Å². The molecule has 1 aromatic heterocycles. The summed E-state index contributed by atoms with van der Waals surface area (Å²) in [5.74, 6) is -0.233. The second-order valence-corrected chi connectivity index (χ2v) is 6.87. The molecular weight excluding hydrogens is 375 g/mol. The second kappa shape index (κ2) is 7.79. The minimum atomic E-state index is -4.40. The topological polar surface area (TPSA) is 54.0 Å². The molecule has 27 heavy (non-hydrogen) atoms. The minimum Gasteiger partial charge on any atom is -0.355 e. The lowest BCUT2D eigenvalue weighted by atomic mass is 10.1. The average Bonchev–Trinajstić information content (AvgIpc) is 3.11. The molecule has 3 rings (SSSR count). The van der Waals surface area contributed by atoms with Gasteiger partial charge in [-0.25, -0.2) is 4.98 Å². The van der Waals surface area contributed by atoms with E-state index in [-0.39, 0.29) is 17.1 Å². The smallest absolute Gasteiger partial charge is 0.355 e. The molecule has 0 fully saturated rings. The first kappa shape index (κ1) is 18.9. The summed E-state index contributed by atoms with van der Waals surface area (Å²) in [4.78, 5) is 15.3. The van der Waals surface area contributed by atoms with E-state index in [1.807, 2.05) is 19.1 Å². The first-order valence-corrected chi connectivity index (χ1v) is 8.90. The third kappa shape index (κ3) is 4.85. The fourth-order valence-electron chi connectivity index (χ4n) is 2.42. The second-order valence-electron chi connectivity index (χ2n) is 5.84. The van der Waals surface area contributed by atoms with Crippen LogP contribution in [0.3, 0.4) is 0 Å². The average molecular weight is 391 g/mol. The molecule has 140 valence electrons. The molecule has 2 aromatic carbocycles. The highest BCUT2D eigenvalue weighted by Crippen LogP contribution is 2.36. The molecular formula is C19H16F3N3OS. The Hall–Kier alpha value is -2.87. The van der Waals surface area contributed by atoms with Crippen LogP contribution >= 0.6 is 11.3 Å². The predicted octanol–water partition coefficient (Wildman–Crippen LogP) is 5.59. The summed E-state index contributed by atoms with van der Waals surface area (Å²) in [5.41, 5.74) is 1.95. The number of amides is 1. The summed E-state index contributed by atoms with van der Waals surface area (Å²) >= 11 is 0.558. The lowest BCUT2D eigenvalue weighted by Crippen LogP contribution is -2.12. The highest BCUT2D eigenvalue weighted by Gasteiger charge is 2.33. The highest BCUT2D eigenvalue weighted by molar-refractivity contribution is 7.15. The van der Waals surface area contributed by atoms with E-state index in [9.17, 15) is 18.0 Å². The third-order valence-electron chi connectivity index (χ3n) is 3.81. The van der Waals surface area contributed by atoms with Gasteiger partial charge in [0.15, 0.2) is 5.13 Å². The predicted molar refractivity (Wildman–Crippen MR) is 100.0 cm³/mol. The third-order valence-corrected chi connectivity index (χ3v) is 4.78. The van der Waals surface area contributed by atoms with Crippen LogP contribution in [-0.2, 0) is 6.18 Å². The number of carbonyl (C=O) groups is 1. The zero-order valence-electron chi connectivity index (χ0n) is 14.2. The van der Waals surface area contributed by atoms with Gasteiger partial charge in [-0.1, -0.05) is 41.7 Å². The molecule has 1 atom stereocenters. The van der Waals surface area contributed by atoms with Crippen molar-refractivity contribution in [3.63, 3.8) is 0 Å². The van der Waals surface area contributed by atoms with Crippen molar-refractivity contribution in [2.24, 2.45) is 0 Å². The summed E-state index contributed by atoms with van der Waals surface area (Å²) in [6.45, 7) is 1.81. The van der Waals surface area contributed by atoms with Gasteiger partial charge in [-0.3, -0.25) is 4.79 Å². The number of thiazole rings is 1. The number of halogens is 3. The minimum absolute atomic E-state index is 0.188. The van der Waals surface area contributed by atoms with Gasteiger partial charge in [0.25, 0.3) is 5.91 Å². The van der Waals surface area contributed by atoms with Gasteiger partial charge in [-0.15, -0.1) is 0 Å². The molecule has 1 amide bonds. The van der Waals surface area contributed by atoms with Crippen molar-refractivity contribution in [1.29, 1.82) is 0 Å². The SMILES string of the molecule is CC(Nc1ncc(C(F)(F)F)s1)c1cccc(NC(=O)c2ccccc2)c1. The van der Waals surface area contributed by atoms with Gasteiger partial charge in [0.05, 0.1) is 12.2 Å². The molecule has 0 aliphatic carbocycles. The van der Waals surface area contributed by atoms with Crippen molar-refractivity contribution < 1.29 is 18.0 Å². The van der Waals surface area contributed by atoms with Gasteiger partial charge in [0.2, 0.25) is 0 Å². The number of anilines is 2. The van der Waals surface area contributed by atoms with Crippen molar-refractivity contribution in [3.8, 4) is 0 Å². The fourth-order valence-corrected chi connectivity index (χ4v) is 3.19. The van der Waals surface area contributed by atoms with Crippen molar-refractivity contribution in [2.45, 2.75) is 19.1 Å². The summed E-state index contributed by atoms with van der Waals surface area (Å²) in [6, 6.07) is 15.7. The summed E-state index contributed by atoms with van der Waals surface area (Å²) < 4.78 is 38.0. The molecule has 0 spiro atoms. The van der Waals surface area contributed by atoms with Crippen molar-refractivity contribution >= 4 is 28.1 Å². The Morgan fingerprint density at radius 2 is 1.85 bits per heavy atom. The molecule has 0 bridgehead atoms. The molecule has 2 N–H and O–H groups in total. The maximum absolute atomic E-state index is 12.7. The molecule has 0 saturated heterocycles. The first-order chi connectivity index (χ1) is 12.8. The van der Waals surface area contributed by atoms with Crippen LogP contribution in [0, 0.1) is 0 Å². The van der Waals surface area contributed by atoms with E-state index in [1.54, 1.807) is 42.5 Å².